The lowest BCUT2D eigenvalue weighted by Crippen LogP contribution is -2.53. The molecule has 3 aliphatic heterocycles. The monoisotopic (exact) mass is 344 g/mol. The van der Waals surface area contributed by atoms with Crippen LogP contribution < -0.4 is 0 Å². The van der Waals surface area contributed by atoms with Gasteiger partial charge in [0.25, 0.3) is 0 Å². The van der Waals surface area contributed by atoms with E-state index in [-0.39, 0.29) is 11.0 Å². The molecule has 2 bridgehead atoms. The van der Waals surface area contributed by atoms with Gasteiger partial charge in [0.1, 0.15) is 0 Å². The zero-order chi connectivity index (χ0) is 17.7. The fourth-order valence-corrected chi connectivity index (χ4v) is 3.81. The Morgan fingerprint density at radius 1 is 0.920 bits per heavy atom. The number of fused-ring (bicyclic) bond motifs is 3. The second-order valence-corrected chi connectivity index (χ2v) is 7.32. The van der Waals surface area contributed by atoms with E-state index in [0.717, 1.165) is 24.8 Å². The van der Waals surface area contributed by atoms with Gasteiger partial charge >= 0.3 is 0 Å². The lowest BCUT2D eigenvalue weighted by molar-refractivity contribution is -0.350. The van der Waals surface area contributed by atoms with Crippen molar-refractivity contribution in [1.29, 1.82) is 0 Å². The molecule has 0 amide bonds. The van der Waals surface area contributed by atoms with Crippen molar-refractivity contribution in [2.45, 2.75) is 38.9 Å². The molecule has 0 atom stereocenters. The average Bonchev–Trinajstić information content (AvgIpc) is 2.68. The predicted molar refractivity (Wildman–Crippen MR) is 92.1 cm³/mol. The quantitative estimate of drug-likeness (QED) is 0.749. The summed E-state index contributed by atoms with van der Waals surface area (Å²) in [6.07, 6.45) is 2.97. The van der Waals surface area contributed by atoms with Gasteiger partial charge in [-0.25, -0.2) is 8.78 Å². The van der Waals surface area contributed by atoms with E-state index in [1.807, 2.05) is 12.1 Å². The van der Waals surface area contributed by atoms with E-state index in [0.29, 0.717) is 24.3 Å². The normalized spacial score (nSPS) is 28.3. The molecule has 4 heteroatoms. The maximum Gasteiger partial charge on any atom is 0.194 e. The third kappa shape index (κ3) is 2.59. The Morgan fingerprint density at radius 3 is 2.16 bits per heavy atom. The van der Waals surface area contributed by atoms with Gasteiger partial charge in [0.05, 0.1) is 13.2 Å². The van der Waals surface area contributed by atoms with Crippen molar-refractivity contribution < 1.29 is 18.3 Å². The largest absolute Gasteiger partial charge is 0.345 e. The number of hydrogen-bond acceptors (Lipinski definition) is 2. The van der Waals surface area contributed by atoms with E-state index in [1.165, 1.54) is 0 Å². The van der Waals surface area contributed by atoms with Crippen LogP contribution in [0.15, 0.2) is 36.4 Å². The van der Waals surface area contributed by atoms with Crippen LogP contribution in [0.5, 0.6) is 0 Å². The Hall–Kier alpha value is -1.78. The standard InChI is InChI=1S/C21H22F2O2/c1-3-20-10-11-21(24-12-20,25-13-20)16-7-5-15(6-8-16)17-9-4-14(2)18(22)19(17)23/h4-9H,3,10-13H2,1-2H3. The van der Waals surface area contributed by atoms with Crippen molar-refractivity contribution in [3.63, 3.8) is 0 Å². The highest BCUT2D eigenvalue weighted by Crippen LogP contribution is 2.50. The first-order valence-electron chi connectivity index (χ1n) is 8.82. The highest BCUT2D eigenvalue weighted by molar-refractivity contribution is 5.65. The highest BCUT2D eigenvalue weighted by Gasteiger charge is 2.51. The molecule has 5 rings (SSSR count). The maximum absolute atomic E-state index is 14.2. The molecular formula is C21H22F2O2. The minimum absolute atomic E-state index is 0.157. The summed E-state index contributed by atoms with van der Waals surface area (Å²) in [7, 11) is 0. The van der Waals surface area contributed by atoms with Crippen LogP contribution in [0.2, 0.25) is 0 Å². The SMILES string of the molecule is CCC12CCC(c3ccc(-c4ccc(C)c(F)c4F)cc3)(OC1)OC2. The first kappa shape index (κ1) is 16.7. The number of benzene rings is 2. The minimum atomic E-state index is -0.804. The van der Waals surface area contributed by atoms with Crippen LogP contribution in [0.1, 0.15) is 37.3 Å². The van der Waals surface area contributed by atoms with E-state index < -0.39 is 17.4 Å². The van der Waals surface area contributed by atoms with Crippen LogP contribution in [0.25, 0.3) is 11.1 Å². The molecule has 132 valence electrons. The van der Waals surface area contributed by atoms with Crippen LogP contribution in [0.4, 0.5) is 8.78 Å². The second-order valence-electron chi connectivity index (χ2n) is 7.32. The Labute approximate surface area is 146 Å². The summed E-state index contributed by atoms with van der Waals surface area (Å²) in [6, 6.07) is 10.6. The van der Waals surface area contributed by atoms with E-state index in [1.54, 1.807) is 31.2 Å². The van der Waals surface area contributed by atoms with Crippen LogP contribution in [0, 0.1) is 24.0 Å². The maximum atomic E-state index is 14.2. The topological polar surface area (TPSA) is 18.5 Å². The van der Waals surface area contributed by atoms with Crippen LogP contribution >= 0.6 is 0 Å². The first-order valence-corrected chi connectivity index (χ1v) is 8.82. The molecule has 3 saturated heterocycles. The molecule has 3 aliphatic rings. The van der Waals surface area contributed by atoms with Gasteiger partial charge in [-0.3, -0.25) is 0 Å². The predicted octanol–water partition coefficient (Wildman–Crippen LogP) is 5.33. The van der Waals surface area contributed by atoms with Crippen molar-refractivity contribution in [2.75, 3.05) is 13.2 Å². The molecule has 0 radical (unpaired) electrons. The molecule has 2 aromatic rings. The van der Waals surface area contributed by atoms with Crippen LogP contribution in [-0.4, -0.2) is 13.2 Å². The summed E-state index contributed by atoms with van der Waals surface area (Å²) in [5.74, 6) is -2.28. The molecule has 0 aliphatic carbocycles. The summed E-state index contributed by atoms with van der Waals surface area (Å²) in [5.41, 5.74) is 2.32. The number of halogens is 2. The fourth-order valence-electron chi connectivity index (χ4n) is 3.81. The molecular weight excluding hydrogens is 322 g/mol. The van der Waals surface area contributed by atoms with Crippen LogP contribution in [0.3, 0.4) is 0 Å². The molecule has 0 aromatic heterocycles. The number of hydrogen-bond donors (Lipinski definition) is 0. The molecule has 0 spiro atoms. The summed E-state index contributed by atoms with van der Waals surface area (Å²) in [4.78, 5) is 0. The van der Waals surface area contributed by atoms with E-state index in [4.69, 9.17) is 9.47 Å². The van der Waals surface area contributed by atoms with Gasteiger partial charge in [0.2, 0.25) is 0 Å². The smallest absolute Gasteiger partial charge is 0.194 e. The molecule has 2 nitrogen and oxygen atoms in total. The van der Waals surface area contributed by atoms with Crippen molar-refractivity contribution in [3.8, 4) is 11.1 Å². The Kier molecular flexibility index (Phi) is 3.93. The summed E-state index contributed by atoms with van der Waals surface area (Å²) >= 11 is 0. The van der Waals surface area contributed by atoms with Gasteiger partial charge in [0.15, 0.2) is 17.4 Å². The summed E-state index contributed by atoms with van der Waals surface area (Å²) < 4.78 is 40.2. The second kappa shape index (κ2) is 5.89. The Morgan fingerprint density at radius 2 is 1.60 bits per heavy atom. The van der Waals surface area contributed by atoms with Gasteiger partial charge in [0, 0.05) is 23.0 Å². The highest BCUT2D eigenvalue weighted by atomic mass is 19.2. The fraction of sp³-hybridized carbons (Fsp3) is 0.429. The molecule has 3 heterocycles. The number of aryl methyl sites for hydroxylation is 1. The van der Waals surface area contributed by atoms with Crippen molar-refractivity contribution in [1.82, 2.24) is 0 Å². The third-order valence-corrected chi connectivity index (χ3v) is 5.87. The summed E-state index contributed by atoms with van der Waals surface area (Å²) in [6.45, 7) is 5.16. The van der Waals surface area contributed by atoms with E-state index in [9.17, 15) is 8.78 Å². The van der Waals surface area contributed by atoms with Crippen molar-refractivity contribution in [2.24, 2.45) is 5.41 Å². The Bertz CT molecular complexity index is 774. The average molecular weight is 344 g/mol. The molecule has 2 aromatic carbocycles. The van der Waals surface area contributed by atoms with Crippen LogP contribution in [-0.2, 0) is 15.3 Å². The first-order chi connectivity index (χ1) is 12.0. The van der Waals surface area contributed by atoms with Gasteiger partial charge in [-0.2, -0.15) is 0 Å². The zero-order valence-corrected chi connectivity index (χ0v) is 14.6. The third-order valence-electron chi connectivity index (χ3n) is 5.87. The molecule has 0 N–H and O–H groups in total. The van der Waals surface area contributed by atoms with Crippen molar-refractivity contribution in [3.05, 3.63) is 59.2 Å². The molecule has 3 fully saturated rings. The van der Waals surface area contributed by atoms with E-state index in [2.05, 4.69) is 6.92 Å². The van der Waals surface area contributed by atoms with E-state index >= 15 is 0 Å². The molecule has 0 saturated carbocycles. The number of rotatable bonds is 3. The lowest BCUT2D eigenvalue weighted by atomic mass is 9.75. The Balaban J connectivity index is 1.63. The summed E-state index contributed by atoms with van der Waals surface area (Å²) in [5, 5.41) is 0. The molecule has 0 unspecified atom stereocenters. The molecule has 25 heavy (non-hydrogen) atoms. The van der Waals surface area contributed by atoms with Gasteiger partial charge in [-0.05, 0) is 30.9 Å². The van der Waals surface area contributed by atoms with Gasteiger partial charge < -0.3 is 9.47 Å². The van der Waals surface area contributed by atoms with Gasteiger partial charge in [-0.15, -0.1) is 0 Å². The number of ether oxygens (including phenoxy) is 2. The minimum Gasteiger partial charge on any atom is -0.345 e. The van der Waals surface area contributed by atoms with Gasteiger partial charge in [-0.1, -0.05) is 43.3 Å². The zero-order valence-electron chi connectivity index (χ0n) is 14.6. The lowest BCUT2D eigenvalue weighted by Gasteiger charge is -2.52. The van der Waals surface area contributed by atoms with Crippen molar-refractivity contribution >= 4 is 0 Å².